The highest BCUT2D eigenvalue weighted by molar-refractivity contribution is 5.53. The first-order valence-corrected chi connectivity index (χ1v) is 4.01. The number of anilines is 1. The first kappa shape index (κ1) is 12.5. The minimum atomic E-state index is -5.00. The number of hydrogen-bond donors (Lipinski definition) is 1. The monoisotopic (exact) mass is 242 g/mol. The molecular weight excluding hydrogens is 235 g/mol. The normalized spacial score (nSPS) is 11.9. The Morgan fingerprint density at radius 1 is 1.38 bits per heavy atom. The van der Waals surface area contributed by atoms with Crippen LogP contribution in [-0.4, -0.2) is 11.3 Å². The molecule has 1 aromatic heterocycles. The summed E-state index contributed by atoms with van der Waals surface area (Å²) < 4.78 is 64.1. The average Bonchev–Trinajstić information content (AvgIpc) is 2.10. The third kappa shape index (κ3) is 2.71. The van der Waals surface area contributed by atoms with E-state index in [1.807, 2.05) is 0 Å². The first-order chi connectivity index (χ1) is 7.22. The van der Waals surface area contributed by atoms with Gasteiger partial charge in [0.05, 0.1) is 0 Å². The molecule has 16 heavy (non-hydrogen) atoms. The van der Waals surface area contributed by atoms with Crippen molar-refractivity contribution in [3.8, 4) is 5.75 Å². The number of hydrogen-bond acceptors (Lipinski definition) is 3. The molecule has 0 saturated heterocycles. The molecule has 8 heteroatoms. The smallest absolute Gasteiger partial charge is 0.402 e. The molecule has 0 aromatic carbocycles. The Hall–Kier alpha value is -1.60. The SMILES string of the molecule is Cc1c(C(F)F)cnc(N)c1OC(F)(F)F. The molecular formula is C8H7F5N2O. The highest BCUT2D eigenvalue weighted by Crippen LogP contribution is 2.35. The quantitative estimate of drug-likeness (QED) is 0.811. The summed E-state index contributed by atoms with van der Waals surface area (Å²) in [5.74, 6) is -1.47. The maximum atomic E-state index is 12.4. The molecule has 1 rings (SSSR count). The molecule has 0 atom stereocenters. The molecule has 1 aromatic rings. The maximum absolute atomic E-state index is 12.4. The lowest BCUT2D eigenvalue weighted by Crippen LogP contribution is -2.19. The van der Waals surface area contributed by atoms with Gasteiger partial charge < -0.3 is 10.5 Å². The van der Waals surface area contributed by atoms with Crippen LogP contribution in [0.3, 0.4) is 0 Å². The largest absolute Gasteiger partial charge is 0.573 e. The fourth-order valence-corrected chi connectivity index (χ4v) is 1.08. The zero-order valence-corrected chi connectivity index (χ0v) is 7.98. The van der Waals surface area contributed by atoms with Gasteiger partial charge in [0.1, 0.15) is 0 Å². The molecule has 90 valence electrons. The van der Waals surface area contributed by atoms with E-state index in [0.29, 0.717) is 0 Å². The highest BCUT2D eigenvalue weighted by atomic mass is 19.4. The second-order valence-electron chi connectivity index (χ2n) is 2.90. The van der Waals surface area contributed by atoms with Crippen LogP contribution >= 0.6 is 0 Å². The fraction of sp³-hybridized carbons (Fsp3) is 0.375. The van der Waals surface area contributed by atoms with Gasteiger partial charge in [0.2, 0.25) is 0 Å². The molecule has 0 amide bonds. The molecule has 0 aliphatic carbocycles. The maximum Gasteiger partial charge on any atom is 0.573 e. The number of rotatable bonds is 2. The number of ether oxygens (including phenoxy) is 1. The van der Waals surface area contributed by atoms with Crippen molar-refractivity contribution >= 4 is 5.82 Å². The molecule has 1 heterocycles. The van der Waals surface area contributed by atoms with Gasteiger partial charge in [-0.2, -0.15) is 0 Å². The van der Waals surface area contributed by atoms with Crippen molar-refractivity contribution < 1.29 is 26.7 Å². The van der Waals surface area contributed by atoms with Crippen molar-refractivity contribution in [3.05, 3.63) is 17.3 Å². The molecule has 0 aliphatic rings. The van der Waals surface area contributed by atoms with E-state index in [4.69, 9.17) is 5.73 Å². The van der Waals surface area contributed by atoms with Gasteiger partial charge in [-0.15, -0.1) is 13.2 Å². The fourth-order valence-electron chi connectivity index (χ4n) is 1.08. The molecule has 2 N–H and O–H groups in total. The number of alkyl halides is 5. The number of nitrogens with zero attached hydrogens (tertiary/aromatic N) is 1. The second kappa shape index (κ2) is 4.11. The van der Waals surface area contributed by atoms with Gasteiger partial charge in [-0.25, -0.2) is 13.8 Å². The van der Waals surface area contributed by atoms with Crippen molar-refractivity contribution in [1.29, 1.82) is 0 Å². The van der Waals surface area contributed by atoms with Crippen LogP contribution in [0.2, 0.25) is 0 Å². The van der Waals surface area contributed by atoms with Crippen LogP contribution in [0.4, 0.5) is 27.8 Å². The summed E-state index contributed by atoms with van der Waals surface area (Å²) in [5, 5.41) is 0. The summed E-state index contributed by atoms with van der Waals surface area (Å²) in [6.45, 7) is 1.06. The van der Waals surface area contributed by atoms with E-state index in [1.54, 1.807) is 0 Å². The van der Waals surface area contributed by atoms with Gasteiger partial charge >= 0.3 is 6.36 Å². The van der Waals surface area contributed by atoms with Gasteiger partial charge in [-0.1, -0.05) is 0 Å². The van der Waals surface area contributed by atoms with Crippen LogP contribution in [0.15, 0.2) is 6.20 Å². The van der Waals surface area contributed by atoms with Gasteiger partial charge in [-0.3, -0.25) is 0 Å². The Bertz CT molecular complexity index is 391. The molecule has 0 fully saturated rings. The lowest BCUT2D eigenvalue weighted by molar-refractivity contribution is -0.274. The van der Waals surface area contributed by atoms with Crippen LogP contribution in [-0.2, 0) is 0 Å². The zero-order chi connectivity index (χ0) is 12.5. The van der Waals surface area contributed by atoms with Gasteiger partial charge in [0.15, 0.2) is 11.6 Å². The topological polar surface area (TPSA) is 48.1 Å². The molecule has 3 nitrogen and oxygen atoms in total. The van der Waals surface area contributed by atoms with Crippen molar-refractivity contribution in [1.82, 2.24) is 4.98 Å². The Kier molecular flexibility index (Phi) is 3.20. The third-order valence-electron chi connectivity index (χ3n) is 1.80. The lowest BCUT2D eigenvalue weighted by Gasteiger charge is -2.15. The first-order valence-electron chi connectivity index (χ1n) is 4.01. The van der Waals surface area contributed by atoms with Gasteiger partial charge in [-0.05, 0) is 6.92 Å². The number of nitrogen functional groups attached to an aromatic ring is 1. The summed E-state index contributed by atoms with van der Waals surface area (Å²) in [5.41, 5.74) is 4.10. The summed E-state index contributed by atoms with van der Waals surface area (Å²) in [6, 6.07) is 0. The number of pyridine rings is 1. The van der Waals surface area contributed by atoms with Crippen LogP contribution in [0.5, 0.6) is 5.75 Å². The Morgan fingerprint density at radius 2 is 1.94 bits per heavy atom. The molecule has 0 spiro atoms. The van der Waals surface area contributed by atoms with E-state index in [1.165, 1.54) is 0 Å². The van der Waals surface area contributed by atoms with E-state index in [0.717, 1.165) is 13.1 Å². The van der Waals surface area contributed by atoms with Gasteiger partial charge in [0, 0.05) is 17.3 Å². The summed E-state index contributed by atoms with van der Waals surface area (Å²) >= 11 is 0. The predicted octanol–water partition coefficient (Wildman–Crippen LogP) is 2.81. The van der Waals surface area contributed by atoms with Crippen LogP contribution in [0.25, 0.3) is 0 Å². The van der Waals surface area contributed by atoms with Crippen molar-refractivity contribution in [2.75, 3.05) is 5.73 Å². The van der Waals surface area contributed by atoms with Crippen molar-refractivity contribution in [3.63, 3.8) is 0 Å². The predicted molar refractivity (Wildman–Crippen MR) is 45.0 cm³/mol. The minimum absolute atomic E-state index is 0.375. The van der Waals surface area contributed by atoms with Crippen LogP contribution in [0.1, 0.15) is 17.6 Å². The van der Waals surface area contributed by atoms with E-state index < -0.39 is 29.9 Å². The highest BCUT2D eigenvalue weighted by Gasteiger charge is 2.34. The van der Waals surface area contributed by atoms with E-state index >= 15 is 0 Å². The van der Waals surface area contributed by atoms with E-state index in [2.05, 4.69) is 9.72 Å². The molecule has 0 unspecified atom stereocenters. The molecule has 0 aliphatic heterocycles. The zero-order valence-electron chi connectivity index (χ0n) is 7.98. The minimum Gasteiger partial charge on any atom is -0.402 e. The van der Waals surface area contributed by atoms with E-state index in [-0.39, 0.29) is 5.56 Å². The summed E-state index contributed by atoms with van der Waals surface area (Å²) in [7, 11) is 0. The Morgan fingerprint density at radius 3 is 2.38 bits per heavy atom. The second-order valence-corrected chi connectivity index (χ2v) is 2.90. The number of nitrogens with two attached hydrogens (primary N) is 1. The Balaban J connectivity index is 3.21. The third-order valence-corrected chi connectivity index (χ3v) is 1.80. The van der Waals surface area contributed by atoms with Crippen molar-refractivity contribution in [2.24, 2.45) is 0 Å². The number of aromatic nitrogens is 1. The molecule has 0 saturated carbocycles. The molecule has 0 radical (unpaired) electrons. The average molecular weight is 242 g/mol. The van der Waals surface area contributed by atoms with Crippen molar-refractivity contribution in [2.45, 2.75) is 19.7 Å². The summed E-state index contributed by atoms with van der Waals surface area (Å²) in [6.07, 6.45) is -7.22. The molecule has 0 bridgehead atoms. The van der Waals surface area contributed by atoms with Crippen LogP contribution < -0.4 is 10.5 Å². The summed E-state index contributed by atoms with van der Waals surface area (Å²) in [4.78, 5) is 3.22. The van der Waals surface area contributed by atoms with Gasteiger partial charge in [0.25, 0.3) is 6.43 Å². The standard InChI is InChI=1S/C8H7F5N2O/c1-3-4(6(9)10)2-15-7(14)5(3)16-8(11,12)13/h2,6H,1H3,(H2,14,15). The number of halogens is 5. The lowest BCUT2D eigenvalue weighted by atomic mass is 10.1. The van der Waals surface area contributed by atoms with Crippen LogP contribution in [0, 0.1) is 6.92 Å². The Labute approximate surface area is 87.0 Å². The van der Waals surface area contributed by atoms with E-state index in [9.17, 15) is 22.0 Å².